The Balaban J connectivity index is 2.12. The topological polar surface area (TPSA) is 74.6 Å². The molecule has 2 atom stereocenters. The maximum atomic E-state index is 11.6. The van der Waals surface area contributed by atoms with Gasteiger partial charge in [-0.2, -0.15) is 0 Å². The third-order valence-corrected chi connectivity index (χ3v) is 6.43. The van der Waals surface area contributed by atoms with E-state index >= 15 is 0 Å². The van der Waals surface area contributed by atoms with E-state index in [1.54, 1.807) is 0 Å². The van der Waals surface area contributed by atoms with Crippen molar-refractivity contribution in [1.82, 2.24) is 0 Å². The van der Waals surface area contributed by atoms with Crippen molar-refractivity contribution < 1.29 is 19.8 Å². The van der Waals surface area contributed by atoms with Crippen molar-refractivity contribution in [3.8, 4) is 11.1 Å². The van der Waals surface area contributed by atoms with Crippen LogP contribution in [0.2, 0.25) is 0 Å². The lowest BCUT2D eigenvalue weighted by Gasteiger charge is -2.14. The molecule has 2 aromatic carbocycles. The number of carboxylic acid groups (broad SMARTS) is 2. The molecule has 0 radical (unpaired) electrons. The summed E-state index contributed by atoms with van der Waals surface area (Å²) in [6, 6.07) is 15.3. The number of hydrogen-bond acceptors (Lipinski definition) is 2. The first-order valence-electron chi connectivity index (χ1n) is 10.3. The van der Waals surface area contributed by atoms with Gasteiger partial charge in [-0.15, -0.1) is 0 Å². The normalized spacial score (nSPS) is 13.0. The van der Waals surface area contributed by atoms with Gasteiger partial charge in [0.05, 0.1) is 11.8 Å². The summed E-state index contributed by atoms with van der Waals surface area (Å²) in [4.78, 5) is 23.3. The maximum absolute atomic E-state index is 11.6. The summed E-state index contributed by atoms with van der Waals surface area (Å²) < 4.78 is 0. The van der Waals surface area contributed by atoms with Crippen LogP contribution in [0.15, 0.2) is 48.5 Å². The van der Waals surface area contributed by atoms with E-state index in [0.717, 1.165) is 58.6 Å². The molecule has 2 aromatic rings. The average Bonchev–Trinajstić information content (AvgIpc) is 2.74. The molecule has 0 aliphatic rings. The molecule has 0 fully saturated rings. The van der Waals surface area contributed by atoms with Gasteiger partial charge in [0.2, 0.25) is 0 Å². The van der Waals surface area contributed by atoms with Crippen molar-refractivity contribution >= 4 is 43.8 Å². The van der Waals surface area contributed by atoms with Crippen molar-refractivity contribution in [2.24, 2.45) is 0 Å². The molecule has 2 N–H and O–H groups in total. The van der Waals surface area contributed by atoms with E-state index in [1.807, 2.05) is 48.5 Å². The summed E-state index contributed by atoms with van der Waals surface area (Å²) in [5, 5.41) is 20.9. The lowest BCUT2D eigenvalue weighted by atomic mass is 9.90. The molecule has 30 heavy (non-hydrogen) atoms. The molecule has 0 spiro atoms. The highest BCUT2D eigenvalue weighted by Gasteiger charge is 2.20. The van der Waals surface area contributed by atoms with Gasteiger partial charge in [0, 0.05) is 10.7 Å². The Morgan fingerprint density at radius 2 is 0.967 bits per heavy atom. The average molecular weight is 540 g/mol. The molecule has 0 saturated heterocycles. The van der Waals surface area contributed by atoms with E-state index in [-0.39, 0.29) is 0 Å². The first-order chi connectivity index (χ1) is 14.5. The Labute approximate surface area is 195 Å². The quantitative estimate of drug-likeness (QED) is 0.216. The van der Waals surface area contributed by atoms with Crippen LogP contribution in [0.1, 0.15) is 61.5 Å². The zero-order valence-corrected chi connectivity index (χ0v) is 20.1. The van der Waals surface area contributed by atoms with Crippen LogP contribution in [0.25, 0.3) is 11.1 Å². The van der Waals surface area contributed by atoms with Crippen LogP contribution >= 0.6 is 31.9 Å². The highest BCUT2D eigenvalue weighted by Crippen LogP contribution is 2.29. The van der Waals surface area contributed by atoms with E-state index in [1.165, 1.54) is 0 Å². The molecule has 0 aliphatic carbocycles. The number of rotatable bonds is 13. The predicted octanol–water partition coefficient (Wildman–Crippen LogP) is 6.82. The second-order valence-electron chi connectivity index (χ2n) is 7.40. The standard InChI is InChI=1S/C24H28Br2O4/c25-15-3-1-5-21(23(27)28)19-11-7-17(8-12-19)18-9-13-20(14-10-18)22(24(29)30)6-2-4-16-26/h7-14,21-22H,1-6,15-16H2,(H,27,28)(H,29,30). The summed E-state index contributed by atoms with van der Waals surface area (Å²) in [6.45, 7) is 0. The van der Waals surface area contributed by atoms with Crippen molar-refractivity contribution in [3.63, 3.8) is 0 Å². The van der Waals surface area contributed by atoms with Crippen molar-refractivity contribution in [3.05, 3.63) is 59.7 Å². The summed E-state index contributed by atoms with van der Waals surface area (Å²) in [5.74, 6) is -2.56. The van der Waals surface area contributed by atoms with E-state index in [9.17, 15) is 19.8 Å². The van der Waals surface area contributed by atoms with Crippen LogP contribution in [0.5, 0.6) is 0 Å². The number of unbranched alkanes of at least 4 members (excludes halogenated alkanes) is 2. The van der Waals surface area contributed by atoms with Crippen LogP contribution in [0, 0.1) is 0 Å². The molecule has 0 aromatic heterocycles. The highest BCUT2D eigenvalue weighted by molar-refractivity contribution is 9.09. The fraction of sp³-hybridized carbons (Fsp3) is 0.417. The predicted molar refractivity (Wildman–Crippen MR) is 128 cm³/mol. The molecule has 2 rings (SSSR count). The number of carbonyl (C=O) groups is 2. The number of benzene rings is 2. The van der Waals surface area contributed by atoms with Crippen LogP contribution in [-0.2, 0) is 9.59 Å². The fourth-order valence-corrected chi connectivity index (χ4v) is 4.36. The summed E-state index contributed by atoms with van der Waals surface area (Å²) in [5.41, 5.74) is 3.60. The van der Waals surface area contributed by atoms with Crippen LogP contribution in [0.3, 0.4) is 0 Å². The monoisotopic (exact) mass is 538 g/mol. The van der Waals surface area contributed by atoms with E-state index in [2.05, 4.69) is 31.9 Å². The minimum atomic E-state index is -0.790. The van der Waals surface area contributed by atoms with Gasteiger partial charge >= 0.3 is 11.9 Å². The Kier molecular flexibility index (Phi) is 10.6. The SMILES string of the molecule is O=C(O)C(CCCCBr)c1ccc(-c2ccc(C(CCCCBr)C(=O)O)cc2)cc1. The number of halogens is 2. The van der Waals surface area contributed by atoms with Crippen LogP contribution in [-0.4, -0.2) is 32.8 Å². The number of aliphatic carboxylic acids is 2. The number of carboxylic acids is 2. The molecular formula is C24H28Br2O4. The molecule has 4 nitrogen and oxygen atoms in total. The highest BCUT2D eigenvalue weighted by atomic mass is 79.9. The lowest BCUT2D eigenvalue weighted by Crippen LogP contribution is -2.12. The molecule has 2 unspecified atom stereocenters. The van der Waals surface area contributed by atoms with Crippen molar-refractivity contribution in [2.75, 3.05) is 10.7 Å². The third kappa shape index (κ3) is 7.24. The van der Waals surface area contributed by atoms with Crippen LogP contribution < -0.4 is 0 Å². The molecule has 0 amide bonds. The van der Waals surface area contributed by atoms with E-state index in [4.69, 9.17) is 0 Å². The third-order valence-electron chi connectivity index (χ3n) is 5.31. The maximum Gasteiger partial charge on any atom is 0.310 e. The molecule has 6 heteroatoms. The van der Waals surface area contributed by atoms with E-state index < -0.39 is 23.8 Å². The van der Waals surface area contributed by atoms with E-state index in [0.29, 0.717) is 12.8 Å². The molecule has 0 saturated carbocycles. The van der Waals surface area contributed by atoms with Gasteiger partial charge in [-0.1, -0.05) is 93.2 Å². The Morgan fingerprint density at radius 3 is 1.23 bits per heavy atom. The minimum Gasteiger partial charge on any atom is -0.481 e. The largest absolute Gasteiger partial charge is 0.481 e. The van der Waals surface area contributed by atoms with Gasteiger partial charge in [0.25, 0.3) is 0 Å². The first-order valence-corrected chi connectivity index (χ1v) is 12.5. The van der Waals surface area contributed by atoms with Crippen molar-refractivity contribution in [1.29, 1.82) is 0 Å². The zero-order valence-electron chi connectivity index (χ0n) is 16.9. The Morgan fingerprint density at radius 1 is 0.633 bits per heavy atom. The van der Waals surface area contributed by atoms with Crippen molar-refractivity contribution in [2.45, 2.75) is 50.4 Å². The fourth-order valence-electron chi connectivity index (χ4n) is 3.57. The number of hydrogen-bond donors (Lipinski definition) is 2. The minimum absolute atomic E-state index is 0.490. The second-order valence-corrected chi connectivity index (χ2v) is 8.98. The molecule has 0 aliphatic heterocycles. The molecule has 0 bridgehead atoms. The first kappa shape index (κ1) is 24.6. The van der Waals surface area contributed by atoms with Gasteiger partial charge in [-0.3, -0.25) is 9.59 Å². The van der Waals surface area contributed by atoms with Gasteiger partial charge in [-0.25, -0.2) is 0 Å². The summed E-state index contributed by atoms with van der Waals surface area (Å²) in [6.07, 6.45) is 4.90. The van der Waals surface area contributed by atoms with Gasteiger partial charge in [0.15, 0.2) is 0 Å². The summed E-state index contributed by atoms with van der Waals surface area (Å²) >= 11 is 6.77. The molecule has 162 valence electrons. The number of alkyl halides is 2. The summed E-state index contributed by atoms with van der Waals surface area (Å²) in [7, 11) is 0. The van der Waals surface area contributed by atoms with Gasteiger partial charge in [0.1, 0.15) is 0 Å². The Hall–Kier alpha value is -1.66. The zero-order chi connectivity index (χ0) is 21.9. The molecule has 0 heterocycles. The van der Waals surface area contributed by atoms with Gasteiger partial charge < -0.3 is 10.2 Å². The smallest absolute Gasteiger partial charge is 0.310 e. The second kappa shape index (κ2) is 12.9. The molecular weight excluding hydrogens is 512 g/mol. The van der Waals surface area contributed by atoms with Crippen LogP contribution in [0.4, 0.5) is 0 Å². The van der Waals surface area contributed by atoms with Gasteiger partial charge in [-0.05, 0) is 47.9 Å². The lowest BCUT2D eigenvalue weighted by molar-refractivity contribution is -0.140. The Bertz CT molecular complexity index is 733.